The Morgan fingerprint density at radius 1 is 1.43 bits per heavy atom. The number of nitrogens with two attached hydrogens (primary N) is 1. The fourth-order valence-corrected chi connectivity index (χ4v) is 1.70. The molecule has 0 aliphatic rings. The van der Waals surface area contributed by atoms with Gasteiger partial charge >= 0.3 is 0 Å². The van der Waals surface area contributed by atoms with Crippen LogP contribution in [0.4, 0.5) is 0 Å². The van der Waals surface area contributed by atoms with E-state index < -0.39 is 0 Å². The highest BCUT2D eigenvalue weighted by Gasteiger charge is 2.01. The van der Waals surface area contributed by atoms with Crippen molar-refractivity contribution in [2.75, 3.05) is 6.54 Å². The van der Waals surface area contributed by atoms with Gasteiger partial charge in [-0.25, -0.2) is 9.98 Å². The predicted octanol–water partition coefficient (Wildman–Crippen LogP) is 2.15. The van der Waals surface area contributed by atoms with E-state index in [1.807, 2.05) is 24.3 Å². The summed E-state index contributed by atoms with van der Waals surface area (Å²) >= 11 is 0. The molecule has 0 saturated heterocycles. The minimum Gasteiger partial charge on any atom is -0.370 e. The Labute approximate surface area is 141 Å². The average Bonchev–Trinajstić information content (AvgIpc) is 2.97. The summed E-state index contributed by atoms with van der Waals surface area (Å²) in [6.45, 7) is 5.62. The number of hydrogen-bond acceptors (Lipinski definition) is 3. The molecule has 0 bridgehead atoms. The highest BCUT2D eigenvalue weighted by molar-refractivity contribution is 14.0. The third-order valence-corrected chi connectivity index (χ3v) is 2.74. The summed E-state index contributed by atoms with van der Waals surface area (Å²) in [6.07, 6.45) is 1.49. The summed E-state index contributed by atoms with van der Waals surface area (Å²) in [6, 6.07) is 7.99. The quantitative estimate of drug-likeness (QED) is 0.408. The minimum atomic E-state index is 0. The number of guanidine groups is 1. The van der Waals surface area contributed by atoms with Gasteiger partial charge in [0.15, 0.2) is 11.8 Å². The topological polar surface area (TPSA) is 92.0 Å². The maximum absolute atomic E-state index is 5.81. The lowest BCUT2D eigenvalue weighted by Gasteiger charge is -2.08. The number of H-pyrrole nitrogens is 1. The number of aliphatic imine (C=N–C) groups is 1. The minimum absolute atomic E-state index is 0. The molecule has 0 fully saturated rings. The van der Waals surface area contributed by atoms with Gasteiger partial charge < -0.3 is 11.1 Å². The number of nitrogens with zero attached hydrogens (tertiary/aromatic N) is 3. The highest BCUT2D eigenvalue weighted by atomic mass is 127. The number of benzene rings is 1. The molecule has 2 rings (SSSR count). The smallest absolute Gasteiger partial charge is 0.188 e. The molecule has 21 heavy (non-hydrogen) atoms. The zero-order valence-electron chi connectivity index (χ0n) is 12.2. The van der Waals surface area contributed by atoms with E-state index in [1.54, 1.807) is 0 Å². The number of aromatic nitrogens is 3. The Balaban J connectivity index is 0.00000220. The van der Waals surface area contributed by atoms with Crippen molar-refractivity contribution in [3.05, 3.63) is 36.2 Å². The molecule has 4 N–H and O–H groups in total. The van der Waals surface area contributed by atoms with E-state index in [0.29, 0.717) is 18.4 Å². The Bertz CT molecular complexity index is 565. The van der Waals surface area contributed by atoms with Crippen LogP contribution in [0.2, 0.25) is 0 Å². The van der Waals surface area contributed by atoms with Gasteiger partial charge in [0.2, 0.25) is 0 Å². The summed E-state index contributed by atoms with van der Waals surface area (Å²) < 4.78 is 0. The van der Waals surface area contributed by atoms with Crippen LogP contribution in [0.1, 0.15) is 19.4 Å². The van der Waals surface area contributed by atoms with Gasteiger partial charge in [-0.3, -0.25) is 5.10 Å². The third-order valence-electron chi connectivity index (χ3n) is 2.74. The molecule has 0 unspecified atom stereocenters. The van der Waals surface area contributed by atoms with Gasteiger partial charge in [0, 0.05) is 12.1 Å². The zero-order chi connectivity index (χ0) is 14.4. The lowest BCUT2D eigenvalue weighted by atomic mass is 10.1. The fraction of sp³-hybridized carbons (Fsp3) is 0.357. The monoisotopic (exact) mass is 400 g/mol. The van der Waals surface area contributed by atoms with Crippen molar-refractivity contribution < 1.29 is 0 Å². The first-order valence-electron chi connectivity index (χ1n) is 6.63. The summed E-state index contributed by atoms with van der Waals surface area (Å²) in [5, 5.41) is 9.79. The van der Waals surface area contributed by atoms with E-state index in [2.05, 4.69) is 39.3 Å². The van der Waals surface area contributed by atoms with E-state index in [0.717, 1.165) is 23.5 Å². The molecule has 0 aliphatic carbocycles. The second-order valence-electron chi connectivity index (χ2n) is 5.01. The molecule has 1 heterocycles. The van der Waals surface area contributed by atoms with E-state index in [-0.39, 0.29) is 24.0 Å². The SMILES string of the molecule is CC(C)CNC(N)=NCc1cccc(-c2ncn[nH]2)c1.I. The third kappa shape index (κ3) is 5.70. The fourth-order valence-electron chi connectivity index (χ4n) is 1.70. The maximum atomic E-state index is 5.81. The molecule has 1 aromatic carbocycles. The van der Waals surface area contributed by atoms with Crippen molar-refractivity contribution in [2.45, 2.75) is 20.4 Å². The van der Waals surface area contributed by atoms with Crippen molar-refractivity contribution in [3.8, 4) is 11.4 Å². The van der Waals surface area contributed by atoms with Crippen molar-refractivity contribution in [1.29, 1.82) is 0 Å². The van der Waals surface area contributed by atoms with Crippen LogP contribution in [-0.2, 0) is 6.54 Å². The Kier molecular flexibility index (Phi) is 7.13. The van der Waals surface area contributed by atoms with Gasteiger partial charge in [0.05, 0.1) is 6.54 Å². The Hall–Kier alpha value is -1.64. The van der Waals surface area contributed by atoms with Crippen molar-refractivity contribution >= 4 is 29.9 Å². The summed E-state index contributed by atoms with van der Waals surface area (Å²) in [5.41, 5.74) is 7.88. The van der Waals surface area contributed by atoms with Crippen LogP contribution in [0.15, 0.2) is 35.6 Å². The van der Waals surface area contributed by atoms with Gasteiger partial charge in [0.1, 0.15) is 6.33 Å². The number of rotatable bonds is 5. The second-order valence-corrected chi connectivity index (χ2v) is 5.01. The predicted molar refractivity (Wildman–Crippen MR) is 95.4 cm³/mol. The standard InChI is InChI=1S/C14H20N6.HI/c1-10(2)7-16-14(15)17-8-11-4-3-5-12(6-11)13-18-9-19-20-13;/h3-6,9-10H,7-8H2,1-2H3,(H3,15,16,17)(H,18,19,20);1H. The van der Waals surface area contributed by atoms with Crippen LogP contribution in [0.5, 0.6) is 0 Å². The van der Waals surface area contributed by atoms with Crippen LogP contribution in [-0.4, -0.2) is 27.7 Å². The van der Waals surface area contributed by atoms with E-state index in [1.165, 1.54) is 6.33 Å². The van der Waals surface area contributed by atoms with Crippen LogP contribution in [0.3, 0.4) is 0 Å². The van der Waals surface area contributed by atoms with Crippen LogP contribution < -0.4 is 11.1 Å². The summed E-state index contributed by atoms with van der Waals surface area (Å²) in [5.74, 6) is 1.77. The second kappa shape index (κ2) is 8.60. The van der Waals surface area contributed by atoms with Gasteiger partial charge in [-0.2, -0.15) is 5.10 Å². The van der Waals surface area contributed by atoms with Gasteiger partial charge in [-0.15, -0.1) is 24.0 Å². The molecule has 6 nitrogen and oxygen atoms in total. The highest BCUT2D eigenvalue weighted by Crippen LogP contribution is 2.15. The number of hydrogen-bond donors (Lipinski definition) is 3. The zero-order valence-corrected chi connectivity index (χ0v) is 14.5. The molecule has 2 aromatic rings. The number of nitrogens with one attached hydrogen (secondary N) is 2. The molecule has 114 valence electrons. The van der Waals surface area contributed by atoms with Crippen LogP contribution in [0, 0.1) is 5.92 Å². The first-order chi connectivity index (χ1) is 9.65. The van der Waals surface area contributed by atoms with Gasteiger partial charge in [-0.1, -0.05) is 32.0 Å². The molecule has 1 aromatic heterocycles. The lowest BCUT2D eigenvalue weighted by Crippen LogP contribution is -2.34. The molecule has 0 aliphatic heterocycles. The Morgan fingerprint density at radius 3 is 2.90 bits per heavy atom. The van der Waals surface area contributed by atoms with E-state index in [9.17, 15) is 0 Å². The van der Waals surface area contributed by atoms with E-state index in [4.69, 9.17) is 5.73 Å². The molecule has 7 heteroatoms. The summed E-state index contributed by atoms with van der Waals surface area (Å²) in [4.78, 5) is 8.46. The number of halogens is 1. The molecule has 0 atom stereocenters. The molecule has 0 spiro atoms. The van der Waals surface area contributed by atoms with Crippen molar-refractivity contribution in [3.63, 3.8) is 0 Å². The van der Waals surface area contributed by atoms with Gasteiger partial charge in [0.25, 0.3) is 0 Å². The lowest BCUT2D eigenvalue weighted by molar-refractivity contribution is 0.622. The van der Waals surface area contributed by atoms with E-state index >= 15 is 0 Å². The molecule has 0 radical (unpaired) electrons. The van der Waals surface area contributed by atoms with Crippen LogP contribution >= 0.6 is 24.0 Å². The largest absolute Gasteiger partial charge is 0.370 e. The van der Waals surface area contributed by atoms with Crippen LogP contribution in [0.25, 0.3) is 11.4 Å². The first kappa shape index (κ1) is 17.4. The van der Waals surface area contributed by atoms with Crippen molar-refractivity contribution in [1.82, 2.24) is 20.5 Å². The molecule has 0 saturated carbocycles. The molecular formula is C14H21IN6. The maximum Gasteiger partial charge on any atom is 0.188 e. The van der Waals surface area contributed by atoms with Crippen molar-refractivity contribution in [2.24, 2.45) is 16.6 Å². The average molecular weight is 400 g/mol. The molecule has 0 amide bonds. The molecular weight excluding hydrogens is 379 g/mol. The first-order valence-corrected chi connectivity index (χ1v) is 6.63. The Morgan fingerprint density at radius 2 is 2.24 bits per heavy atom. The normalized spacial score (nSPS) is 11.3. The summed E-state index contributed by atoms with van der Waals surface area (Å²) in [7, 11) is 0. The number of aromatic amines is 1. The van der Waals surface area contributed by atoms with Gasteiger partial charge in [-0.05, 0) is 17.5 Å².